The molecule has 0 aliphatic carbocycles. The van der Waals surface area contributed by atoms with Crippen molar-refractivity contribution in [1.82, 2.24) is 4.57 Å². The fourth-order valence-electron chi connectivity index (χ4n) is 3.41. The monoisotopic (exact) mass is 475 g/mol. The van der Waals surface area contributed by atoms with Gasteiger partial charge in [-0.1, -0.05) is 23.3 Å². The summed E-state index contributed by atoms with van der Waals surface area (Å²) in [5, 5.41) is 42.9. The highest BCUT2D eigenvalue weighted by atomic mass is 16.5. The van der Waals surface area contributed by atoms with E-state index in [0.29, 0.717) is 22.3 Å². The first-order chi connectivity index (χ1) is 16.9. The molecule has 3 aromatic carbocycles. The standard InChI is InChI=1S/C24H21N5O6/c1-35-16-9-6-14(7-10-16)25-21(32)13-29-19-5-3-2-4-17(19)22(23(29)33)27-28-24(34)26-18-11-8-15(30)12-20(18)31/h2-12,30-31,33H,13H2,1H3,(H,25,32)(H,26,34). The van der Waals surface area contributed by atoms with E-state index in [2.05, 4.69) is 20.9 Å². The highest BCUT2D eigenvalue weighted by Crippen LogP contribution is 2.39. The largest absolute Gasteiger partial charge is 0.508 e. The van der Waals surface area contributed by atoms with Crippen LogP contribution in [-0.2, 0) is 11.3 Å². The third kappa shape index (κ3) is 5.14. The Hall–Kier alpha value is -5.06. The van der Waals surface area contributed by atoms with E-state index in [-0.39, 0.29) is 35.3 Å². The second-order valence-corrected chi connectivity index (χ2v) is 7.38. The molecule has 0 radical (unpaired) electrons. The molecular weight excluding hydrogens is 454 g/mol. The van der Waals surface area contributed by atoms with Crippen molar-refractivity contribution >= 4 is 39.9 Å². The van der Waals surface area contributed by atoms with E-state index in [1.54, 1.807) is 55.6 Å². The van der Waals surface area contributed by atoms with E-state index >= 15 is 0 Å². The molecule has 0 aliphatic rings. The molecule has 1 heterocycles. The van der Waals surface area contributed by atoms with Gasteiger partial charge in [-0.3, -0.25) is 4.79 Å². The lowest BCUT2D eigenvalue weighted by atomic mass is 10.2. The molecule has 3 amide bonds. The highest BCUT2D eigenvalue weighted by molar-refractivity contribution is 5.98. The number of nitrogens with zero attached hydrogens (tertiary/aromatic N) is 3. The van der Waals surface area contributed by atoms with Crippen molar-refractivity contribution in [1.29, 1.82) is 0 Å². The van der Waals surface area contributed by atoms with Crippen molar-refractivity contribution in [3.63, 3.8) is 0 Å². The number of rotatable bonds is 6. The number of hydrogen-bond acceptors (Lipinski definition) is 7. The van der Waals surface area contributed by atoms with Gasteiger partial charge in [-0.15, -0.1) is 5.11 Å². The van der Waals surface area contributed by atoms with Crippen LogP contribution in [0.2, 0.25) is 0 Å². The van der Waals surface area contributed by atoms with Crippen LogP contribution in [0, 0.1) is 0 Å². The van der Waals surface area contributed by atoms with Gasteiger partial charge in [-0.2, -0.15) is 0 Å². The number of benzene rings is 3. The summed E-state index contributed by atoms with van der Waals surface area (Å²) in [7, 11) is 1.54. The molecule has 1 aromatic heterocycles. The van der Waals surface area contributed by atoms with Gasteiger partial charge in [-0.05, 0) is 42.5 Å². The van der Waals surface area contributed by atoms with E-state index in [4.69, 9.17) is 4.74 Å². The Morgan fingerprint density at radius 2 is 1.71 bits per heavy atom. The highest BCUT2D eigenvalue weighted by Gasteiger charge is 2.19. The van der Waals surface area contributed by atoms with Crippen molar-refractivity contribution in [2.45, 2.75) is 6.54 Å². The van der Waals surface area contributed by atoms with Gasteiger partial charge >= 0.3 is 6.03 Å². The molecule has 0 spiro atoms. The molecule has 0 fully saturated rings. The van der Waals surface area contributed by atoms with Crippen LogP contribution >= 0.6 is 0 Å². The van der Waals surface area contributed by atoms with Gasteiger partial charge in [-0.25, -0.2) is 4.79 Å². The number of phenolic OH excluding ortho intramolecular Hbond substituents is 2. The number of carbonyl (C=O) groups is 2. The Morgan fingerprint density at radius 1 is 0.971 bits per heavy atom. The number of hydrogen-bond donors (Lipinski definition) is 5. The molecule has 0 unspecified atom stereocenters. The van der Waals surface area contributed by atoms with Crippen LogP contribution in [0.5, 0.6) is 23.1 Å². The molecule has 0 aliphatic heterocycles. The summed E-state index contributed by atoms with van der Waals surface area (Å²) < 4.78 is 6.45. The number of carbonyl (C=O) groups excluding carboxylic acids is 2. The molecule has 0 atom stereocenters. The Balaban J connectivity index is 1.55. The lowest BCUT2D eigenvalue weighted by molar-refractivity contribution is -0.116. The van der Waals surface area contributed by atoms with E-state index < -0.39 is 11.9 Å². The molecule has 4 rings (SSSR count). The van der Waals surface area contributed by atoms with Crippen LogP contribution in [0.4, 0.5) is 21.9 Å². The zero-order chi connectivity index (χ0) is 24.9. The van der Waals surface area contributed by atoms with Gasteiger partial charge in [0.05, 0.1) is 18.3 Å². The van der Waals surface area contributed by atoms with Gasteiger partial charge in [0.25, 0.3) is 0 Å². The molecule has 0 bridgehead atoms. The summed E-state index contributed by atoms with van der Waals surface area (Å²) in [6, 6.07) is 16.3. The van der Waals surface area contributed by atoms with Crippen molar-refractivity contribution in [3.8, 4) is 23.1 Å². The minimum atomic E-state index is -0.917. The smallest absolute Gasteiger partial charge is 0.364 e. The Bertz CT molecular complexity index is 1430. The number of phenols is 2. The predicted molar refractivity (Wildman–Crippen MR) is 129 cm³/mol. The summed E-state index contributed by atoms with van der Waals surface area (Å²) >= 11 is 0. The summed E-state index contributed by atoms with van der Waals surface area (Å²) in [4.78, 5) is 24.8. The number of methoxy groups -OCH3 is 1. The molecule has 178 valence electrons. The average molecular weight is 475 g/mol. The maximum Gasteiger partial charge on any atom is 0.364 e. The molecule has 4 aromatic rings. The number of amides is 3. The molecule has 5 N–H and O–H groups in total. The minimum absolute atomic E-state index is 0.00271. The summed E-state index contributed by atoms with van der Waals surface area (Å²) in [6.45, 7) is -0.221. The summed E-state index contributed by atoms with van der Waals surface area (Å²) in [5.41, 5.74) is 1.10. The number of urea groups is 1. The Morgan fingerprint density at radius 3 is 2.43 bits per heavy atom. The third-order valence-corrected chi connectivity index (χ3v) is 5.06. The number of aromatic nitrogens is 1. The summed E-state index contributed by atoms with van der Waals surface area (Å²) in [5.74, 6) is -0.612. The minimum Gasteiger partial charge on any atom is -0.508 e. The zero-order valence-electron chi connectivity index (χ0n) is 18.5. The number of ether oxygens (including phenoxy) is 1. The van der Waals surface area contributed by atoms with Crippen LogP contribution in [0.3, 0.4) is 0 Å². The van der Waals surface area contributed by atoms with E-state index in [1.807, 2.05) is 0 Å². The normalized spacial score (nSPS) is 11.0. The topological polar surface area (TPSA) is 158 Å². The van der Waals surface area contributed by atoms with Crippen LogP contribution in [0.25, 0.3) is 10.9 Å². The average Bonchev–Trinajstić information content (AvgIpc) is 3.10. The van der Waals surface area contributed by atoms with Crippen molar-refractivity contribution in [2.75, 3.05) is 17.7 Å². The molecule has 0 saturated carbocycles. The lowest BCUT2D eigenvalue weighted by Gasteiger charge is -2.09. The zero-order valence-corrected chi connectivity index (χ0v) is 18.5. The molecule has 35 heavy (non-hydrogen) atoms. The number of aromatic hydroxyl groups is 3. The van der Waals surface area contributed by atoms with E-state index in [0.717, 1.165) is 6.07 Å². The first-order valence-electron chi connectivity index (χ1n) is 10.3. The summed E-state index contributed by atoms with van der Waals surface area (Å²) in [6.07, 6.45) is 0. The fourth-order valence-corrected chi connectivity index (χ4v) is 3.41. The number of para-hydroxylation sites is 1. The predicted octanol–water partition coefficient (Wildman–Crippen LogP) is 4.72. The number of anilines is 2. The maximum absolute atomic E-state index is 12.6. The number of fused-ring (bicyclic) bond motifs is 1. The van der Waals surface area contributed by atoms with Gasteiger partial charge in [0.2, 0.25) is 11.8 Å². The van der Waals surface area contributed by atoms with Crippen LogP contribution < -0.4 is 15.4 Å². The quantitative estimate of drug-likeness (QED) is 0.154. The van der Waals surface area contributed by atoms with Crippen molar-refractivity contribution < 1.29 is 29.6 Å². The van der Waals surface area contributed by atoms with Gasteiger partial charge in [0.1, 0.15) is 23.8 Å². The van der Waals surface area contributed by atoms with Crippen LogP contribution in [0.1, 0.15) is 0 Å². The Kier molecular flexibility index (Phi) is 6.49. The third-order valence-electron chi connectivity index (χ3n) is 5.06. The van der Waals surface area contributed by atoms with E-state index in [9.17, 15) is 24.9 Å². The molecule has 0 saturated heterocycles. The second-order valence-electron chi connectivity index (χ2n) is 7.38. The van der Waals surface area contributed by atoms with Crippen molar-refractivity contribution in [3.05, 3.63) is 66.7 Å². The van der Waals surface area contributed by atoms with Gasteiger partial charge in [0, 0.05) is 17.1 Å². The van der Waals surface area contributed by atoms with Crippen LogP contribution in [-0.4, -0.2) is 38.9 Å². The molecule has 11 heteroatoms. The van der Waals surface area contributed by atoms with Crippen molar-refractivity contribution in [2.24, 2.45) is 10.2 Å². The maximum atomic E-state index is 12.6. The lowest BCUT2D eigenvalue weighted by Crippen LogP contribution is -2.18. The van der Waals surface area contributed by atoms with Gasteiger partial charge < -0.3 is 35.3 Å². The van der Waals surface area contributed by atoms with Crippen LogP contribution in [0.15, 0.2) is 77.0 Å². The molecular formula is C24H21N5O6. The van der Waals surface area contributed by atoms with Gasteiger partial charge in [0.15, 0.2) is 5.69 Å². The second kappa shape index (κ2) is 9.83. The number of nitrogens with one attached hydrogen (secondary N) is 2. The first kappa shape index (κ1) is 23.1. The molecule has 11 nitrogen and oxygen atoms in total. The SMILES string of the molecule is COc1ccc(NC(=O)Cn2c(O)c(N=NC(=O)Nc3ccc(O)cc3O)c3ccccc32)cc1. The van der Waals surface area contributed by atoms with E-state index in [1.165, 1.54) is 16.7 Å². The number of azo groups is 1. The first-order valence-corrected chi connectivity index (χ1v) is 10.3. The fraction of sp³-hybridized carbons (Fsp3) is 0.0833. The Labute approximate surface area is 198 Å².